The molecule has 0 amide bonds. The highest BCUT2D eigenvalue weighted by Gasteiger charge is 2.34. The maximum atomic E-state index is 5.45. The molecule has 1 N–H and O–H groups in total. The van der Waals surface area contributed by atoms with Gasteiger partial charge in [0.15, 0.2) is 0 Å². The van der Waals surface area contributed by atoms with Crippen molar-refractivity contribution in [1.29, 1.82) is 0 Å². The normalized spacial score (nSPS) is 24.2. The Labute approximate surface area is 109 Å². The van der Waals surface area contributed by atoms with E-state index in [0.717, 1.165) is 17.5 Å². The third-order valence-electron chi connectivity index (χ3n) is 4.00. The number of hydrogen-bond acceptors (Lipinski definition) is 3. The molecule has 1 aliphatic carbocycles. The van der Waals surface area contributed by atoms with Gasteiger partial charge in [-0.3, -0.25) is 4.90 Å². The van der Waals surface area contributed by atoms with E-state index in [1.54, 1.807) is 7.11 Å². The van der Waals surface area contributed by atoms with Crippen molar-refractivity contribution in [2.75, 3.05) is 25.5 Å². The zero-order valence-electron chi connectivity index (χ0n) is 11.3. The van der Waals surface area contributed by atoms with E-state index in [-0.39, 0.29) is 0 Å². The summed E-state index contributed by atoms with van der Waals surface area (Å²) in [6, 6.07) is 7.82. The summed E-state index contributed by atoms with van der Waals surface area (Å²) < 4.78 is 5.45. The molecule has 0 bridgehead atoms. The largest absolute Gasteiger partial charge is 0.495 e. The topological polar surface area (TPSA) is 24.5 Å². The summed E-state index contributed by atoms with van der Waals surface area (Å²) in [5.74, 6) is 0.958. The predicted molar refractivity (Wildman–Crippen MR) is 74.4 cm³/mol. The second-order valence-electron chi connectivity index (χ2n) is 5.56. The molecule has 1 heterocycles. The summed E-state index contributed by atoms with van der Waals surface area (Å²) in [6.45, 7) is 4.52. The maximum Gasteiger partial charge on any atom is 0.142 e. The molecule has 1 aromatic carbocycles. The molecule has 1 saturated heterocycles. The highest BCUT2D eigenvalue weighted by molar-refractivity contribution is 5.58. The van der Waals surface area contributed by atoms with Crippen LogP contribution in [0.5, 0.6) is 5.75 Å². The van der Waals surface area contributed by atoms with Gasteiger partial charge in [0.05, 0.1) is 12.8 Å². The predicted octanol–water partition coefficient (Wildman–Crippen LogP) is 2.65. The van der Waals surface area contributed by atoms with Crippen LogP contribution in [-0.2, 0) is 0 Å². The number of hydrogen-bond donors (Lipinski definition) is 1. The van der Waals surface area contributed by atoms with Crippen molar-refractivity contribution < 1.29 is 4.74 Å². The molecule has 3 heteroatoms. The lowest BCUT2D eigenvalue weighted by molar-refractivity contribution is 0.326. The second kappa shape index (κ2) is 4.81. The quantitative estimate of drug-likeness (QED) is 0.884. The van der Waals surface area contributed by atoms with Gasteiger partial charge in [-0.2, -0.15) is 0 Å². The first-order valence-corrected chi connectivity index (χ1v) is 6.91. The zero-order valence-corrected chi connectivity index (χ0v) is 11.3. The first kappa shape index (κ1) is 11.8. The van der Waals surface area contributed by atoms with Crippen LogP contribution in [0.2, 0.25) is 0 Å². The molecular formula is C15H22N2O. The van der Waals surface area contributed by atoms with Crippen molar-refractivity contribution in [3.05, 3.63) is 23.8 Å². The molecule has 0 radical (unpaired) electrons. The van der Waals surface area contributed by atoms with E-state index in [4.69, 9.17) is 4.74 Å². The van der Waals surface area contributed by atoms with Crippen molar-refractivity contribution in [3.8, 4) is 5.75 Å². The van der Waals surface area contributed by atoms with Crippen LogP contribution in [0.4, 0.5) is 5.69 Å². The first-order valence-electron chi connectivity index (χ1n) is 6.91. The second-order valence-corrected chi connectivity index (χ2v) is 5.56. The lowest BCUT2D eigenvalue weighted by atomic mass is 10.2. The summed E-state index contributed by atoms with van der Waals surface area (Å²) in [6.07, 6.45) is 4.05. The molecule has 1 saturated carbocycles. The van der Waals surface area contributed by atoms with E-state index in [0.29, 0.717) is 6.04 Å². The minimum Gasteiger partial charge on any atom is -0.495 e. The van der Waals surface area contributed by atoms with Gasteiger partial charge in [-0.25, -0.2) is 0 Å². The molecule has 1 atom stereocenters. The fraction of sp³-hybridized carbons (Fsp3) is 0.600. The lowest BCUT2D eigenvalue weighted by Crippen LogP contribution is -2.27. The average Bonchev–Trinajstić information content (AvgIpc) is 3.12. The van der Waals surface area contributed by atoms with Gasteiger partial charge in [-0.05, 0) is 43.9 Å². The highest BCUT2D eigenvalue weighted by atomic mass is 16.5. The van der Waals surface area contributed by atoms with Crippen LogP contribution < -0.4 is 10.1 Å². The van der Waals surface area contributed by atoms with Crippen molar-refractivity contribution in [2.45, 2.75) is 38.3 Å². The number of anilines is 1. The highest BCUT2D eigenvalue weighted by Crippen LogP contribution is 2.32. The van der Waals surface area contributed by atoms with Gasteiger partial charge in [-0.15, -0.1) is 0 Å². The van der Waals surface area contributed by atoms with Crippen LogP contribution in [0.25, 0.3) is 0 Å². The number of nitrogens with zero attached hydrogens (tertiary/aromatic N) is 1. The fourth-order valence-electron chi connectivity index (χ4n) is 2.81. The summed E-state index contributed by atoms with van der Waals surface area (Å²) >= 11 is 0. The van der Waals surface area contributed by atoms with Gasteiger partial charge in [-0.1, -0.05) is 6.07 Å². The fourth-order valence-corrected chi connectivity index (χ4v) is 2.81. The number of rotatable bonds is 4. The van der Waals surface area contributed by atoms with Gasteiger partial charge in [0, 0.05) is 25.2 Å². The van der Waals surface area contributed by atoms with Crippen LogP contribution in [0.1, 0.15) is 24.8 Å². The first-order chi connectivity index (χ1) is 8.76. The standard InChI is InChI=1S/C15H22N2O/c1-11-3-6-14(15(9-11)18-2)16-12-7-8-17(10-12)13-4-5-13/h3,6,9,12-13,16H,4-5,7-8,10H2,1-2H3. The number of nitrogens with one attached hydrogen (secondary N) is 1. The minimum absolute atomic E-state index is 0.571. The third-order valence-corrected chi connectivity index (χ3v) is 4.00. The van der Waals surface area contributed by atoms with E-state index in [1.165, 1.54) is 37.9 Å². The van der Waals surface area contributed by atoms with Gasteiger partial charge < -0.3 is 10.1 Å². The average molecular weight is 246 g/mol. The van der Waals surface area contributed by atoms with Gasteiger partial charge >= 0.3 is 0 Å². The summed E-state index contributed by atoms with van der Waals surface area (Å²) in [4.78, 5) is 2.62. The van der Waals surface area contributed by atoms with Crippen molar-refractivity contribution >= 4 is 5.69 Å². The Morgan fingerprint density at radius 1 is 1.28 bits per heavy atom. The Morgan fingerprint density at radius 3 is 2.83 bits per heavy atom. The van der Waals surface area contributed by atoms with Gasteiger partial charge in [0.1, 0.15) is 5.75 Å². The zero-order chi connectivity index (χ0) is 12.5. The van der Waals surface area contributed by atoms with E-state index < -0.39 is 0 Å². The molecule has 1 aromatic rings. The summed E-state index contributed by atoms with van der Waals surface area (Å²) in [5.41, 5.74) is 2.37. The van der Waals surface area contributed by atoms with E-state index in [9.17, 15) is 0 Å². The smallest absolute Gasteiger partial charge is 0.142 e. The van der Waals surface area contributed by atoms with Gasteiger partial charge in [0.2, 0.25) is 0 Å². The SMILES string of the molecule is COc1cc(C)ccc1NC1CCN(C2CC2)C1. The molecule has 98 valence electrons. The molecule has 2 fully saturated rings. The Hall–Kier alpha value is -1.22. The number of likely N-dealkylation sites (tertiary alicyclic amines) is 1. The monoisotopic (exact) mass is 246 g/mol. The Bertz CT molecular complexity index is 429. The molecule has 3 rings (SSSR count). The van der Waals surface area contributed by atoms with E-state index >= 15 is 0 Å². The number of methoxy groups -OCH3 is 1. The van der Waals surface area contributed by atoms with Crippen molar-refractivity contribution in [2.24, 2.45) is 0 Å². The number of benzene rings is 1. The molecule has 1 unspecified atom stereocenters. The Kier molecular flexibility index (Phi) is 3.16. The van der Waals surface area contributed by atoms with Crippen LogP contribution in [-0.4, -0.2) is 37.2 Å². The Morgan fingerprint density at radius 2 is 2.11 bits per heavy atom. The van der Waals surface area contributed by atoms with Crippen LogP contribution in [0, 0.1) is 6.92 Å². The molecule has 3 nitrogen and oxygen atoms in total. The molecule has 0 aromatic heterocycles. The molecule has 2 aliphatic rings. The molecule has 0 spiro atoms. The van der Waals surface area contributed by atoms with E-state index in [1.807, 2.05) is 0 Å². The molecule has 1 aliphatic heterocycles. The summed E-state index contributed by atoms with van der Waals surface area (Å²) in [7, 11) is 1.74. The Balaban J connectivity index is 1.65. The third kappa shape index (κ3) is 2.46. The van der Waals surface area contributed by atoms with Crippen LogP contribution in [0.3, 0.4) is 0 Å². The van der Waals surface area contributed by atoms with Crippen LogP contribution in [0.15, 0.2) is 18.2 Å². The van der Waals surface area contributed by atoms with Crippen LogP contribution >= 0.6 is 0 Å². The van der Waals surface area contributed by atoms with Crippen molar-refractivity contribution in [1.82, 2.24) is 4.90 Å². The van der Waals surface area contributed by atoms with Gasteiger partial charge in [0.25, 0.3) is 0 Å². The van der Waals surface area contributed by atoms with E-state index in [2.05, 4.69) is 35.3 Å². The minimum atomic E-state index is 0.571. The number of aryl methyl sites for hydroxylation is 1. The lowest BCUT2D eigenvalue weighted by Gasteiger charge is -2.18. The maximum absolute atomic E-state index is 5.45. The molecular weight excluding hydrogens is 224 g/mol. The molecule has 18 heavy (non-hydrogen) atoms. The summed E-state index contributed by atoms with van der Waals surface area (Å²) in [5, 5.41) is 3.63. The van der Waals surface area contributed by atoms with Crippen molar-refractivity contribution in [3.63, 3.8) is 0 Å². The number of ether oxygens (including phenoxy) is 1.